The number of hydrogen-bond donors (Lipinski definition) is 2. The molecule has 1 atom stereocenters. The van der Waals surface area contributed by atoms with Gasteiger partial charge in [-0.15, -0.1) is 0 Å². The minimum Gasteiger partial charge on any atom is -0.271 e. The van der Waals surface area contributed by atoms with Crippen molar-refractivity contribution in [3.63, 3.8) is 0 Å². The molecular formula is C16H21N3. The first-order valence-electron chi connectivity index (χ1n) is 6.72. The van der Waals surface area contributed by atoms with Crippen LogP contribution in [0, 0.1) is 6.92 Å². The van der Waals surface area contributed by atoms with Gasteiger partial charge >= 0.3 is 0 Å². The summed E-state index contributed by atoms with van der Waals surface area (Å²) in [5.74, 6) is 5.68. The number of rotatable bonds is 6. The van der Waals surface area contributed by atoms with Crippen molar-refractivity contribution in [2.75, 3.05) is 0 Å². The Morgan fingerprint density at radius 3 is 2.68 bits per heavy atom. The van der Waals surface area contributed by atoms with Crippen LogP contribution in [0.15, 0.2) is 48.8 Å². The van der Waals surface area contributed by atoms with E-state index in [9.17, 15) is 0 Å². The first kappa shape index (κ1) is 13.7. The van der Waals surface area contributed by atoms with Gasteiger partial charge in [0.2, 0.25) is 0 Å². The van der Waals surface area contributed by atoms with Crippen molar-refractivity contribution in [3.8, 4) is 0 Å². The van der Waals surface area contributed by atoms with Crippen LogP contribution in [0.3, 0.4) is 0 Å². The molecule has 100 valence electrons. The molecular weight excluding hydrogens is 234 g/mol. The number of aryl methyl sites for hydroxylation is 2. The first-order chi connectivity index (χ1) is 9.31. The summed E-state index contributed by atoms with van der Waals surface area (Å²) in [7, 11) is 0. The maximum Gasteiger partial charge on any atom is 0.0478 e. The van der Waals surface area contributed by atoms with Crippen LogP contribution in [-0.4, -0.2) is 4.98 Å². The fraction of sp³-hybridized carbons (Fsp3) is 0.312. The fourth-order valence-corrected chi connectivity index (χ4v) is 2.32. The number of hydrazine groups is 1. The van der Waals surface area contributed by atoms with Gasteiger partial charge in [0, 0.05) is 18.4 Å². The predicted octanol–water partition coefficient (Wildman–Crippen LogP) is 2.92. The molecule has 0 aliphatic rings. The Morgan fingerprint density at radius 2 is 2.00 bits per heavy atom. The molecule has 0 aliphatic heterocycles. The van der Waals surface area contributed by atoms with Crippen molar-refractivity contribution in [1.29, 1.82) is 0 Å². The Hall–Kier alpha value is -1.71. The molecule has 0 bridgehead atoms. The summed E-state index contributed by atoms with van der Waals surface area (Å²) >= 11 is 0. The van der Waals surface area contributed by atoms with Gasteiger partial charge in [0.25, 0.3) is 0 Å². The van der Waals surface area contributed by atoms with Gasteiger partial charge in [-0.1, -0.05) is 30.3 Å². The molecule has 19 heavy (non-hydrogen) atoms. The molecule has 0 radical (unpaired) electrons. The Morgan fingerprint density at radius 1 is 1.21 bits per heavy atom. The van der Waals surface area contributed by atoms with Crippen LogP contribution in [0.4, 0.5) is 0 Å². The molecule has 0 amide bonds. The van der Waals surface area contributed by atoms with Crippen molar-refractivity contribution in [3.05, 3.63) is 65.5 Å². The smallest absolute Gasteiger partial charge is 0.0478 e. The molecule has 1 aromatic heterocycles. The van der Waals surface area contributed by atoms with Crippen molar-refractivity contribution in [2.45, 2.75) is 32.2 Å². The molecule has 3 N–H and O–H groups in total. The van der Waals surface area contributed by atoms with Crippen molar-refractivity contribution >= 4 is 0 Å². The molecule has 3 nitrogen and oxygen atoms in total. The summed E-state index contributed by atoms with van der Waals surface area (Å²) < 4.78 is 0. The average molecular weight is 255 g/mol. The van der Waals surface area contributed by atoms with Gasteiger partial charge in [0.1, 0.15) is 0 Å². The monoisotopic (exact) mass is 255 g/mol. The molecule has 3 heteroatoms. The Bertz CT molecular complexity index is 496. The number of nitrogens with two attached hydrogens (primary N) is 1. The van der Waals surface area contributed by atoms with Gasteiger partial charge in [0.05, 0.1) is 0 Å². The van der Waals surface area contributed by atoms with E-state index in [4.69, 9.17) is 5.84 Å². The second-order valence-electron chi connectivity index (χ2n) is 4.83. The van der Waals surface area contributed by atoms with E-state index < -0.39 is 0 Å². The molecule has 0 spiro atoms. The topological polar surface area (TPSA) is 50.9 Å². The third-order valence-electron chi connectivity index (χ3n) is 3.46. The first-order valence-corrected chi connectivity index (χ1v) is 6.72. The lowest BCUT2D eigenvalue weighted by Gasteiger charge is -2.17. The molecule has 2 aromatic rings. The van der Waals surface area contributed by atoms with E-state index in [1.807, 2.05) is 24.5 Å². The van der Waals surface area contributed by atoms with Crippen molar-refractivity contribution in [1.82, 2.24) is 10.4 Å². The van der Waals surface area contributed by atoms with Gasteiger partial charge in [-0.3, -0.25) is 16.3 Å². The van der Waals surface area contributed by atoms with Gasteiger partial charge in [-0.05, 0) is 48.9 Å². The summed E-state index contributed by atoms with van der Waals surface area (Å²) in [6.45, 7) is 2.10. The lowest BCUT2D eigenvalue weighted by atomic mass is 9.98. The minimum atomic E-state index is 0.178. The standard InChI is InChI=1S/C16H21N3/c1-13-10-11-18-12-15(13)16(19-17)9-5-8-14-6-3-2-4-7-14/h2-4,6-7,10-12,16,19H,5,8-9,17H2,1H3. The fourth-order valence-electron chi connectivity index (χ4n) is 2.32. The highest BCUT2D eigenvalue weighted by molar-refractivity contribution is 5.25. The molecule has 0 saturated heterocycles. The lowest BCUT2D eigenvalue weighted by molar-refractivity contribution is 0.495. The zero-order chi connectivity index (χ0) is 13.5. The second-order valence-corrected chi connectivity index (χ2v) is 4.83. The average Bonchev–Trinajstić information content (AvgIpc) is 2.46. The summed E-state index contributed by atoms with van der Waals surface area (Å²) in [5.41, 5.74) is 6.71. The lowest BCUT2D eigenvalue weighted by Crippen LogP contribution is -2.28. The molecule has 1 aromatic carbocycles. The highest BCUT2D eigenvalue weighted by atomic mass is 15.2. The van der Waals surface area contributed by atoms with Crippen LogP contribution in [-0.2, 0) is 6.42 Å². The van der Waals surface area contributed by atoms with Crippen LogP contribution in [0.25, 0.3) is 0 Å². The molecule has 0 saturated carbocycles. The van der Waals surface area contributed by atoms with E-state index >= 15 is 0 Å². The maximum absolute atomic E-state index is 5.68. The molecule has 0 fully saturated rings. The normalized spacial score (nSPS) is 12.3. The summed E-state index contributed by atoms with van der Waals surface area (Å²) in [5, 5.41) is 0. The van der Waals surface area contributed by atoms with E-state index in [1.165, 1.54) is 16.7 Å². The third-order valence-corrected chi connectivity index (χ3v) is 3.46. The number of nitrogens with one attached hydrogen (secondary N) is 1. The number of benzene rings is 1. The SMILES string of the molecule is Cc1ccncc1C(CCCc1ccccc1)NN. The van der Waals surface area contributed by atoms with Crippen molar-refractivity contribution < 1.29 is 0 Å². The van der Waals surface area contributed by atoms with E-state index in [-0.39, 0.29) is 6.04 Å². The zero-order valence-electron chi connectivity index (χ0n) is 11.3. The highest BCUT2D eigenvalue weighted by Crippen LogP contribution is 2.21. The quantitative estimate of drug-likeness (QED) is 0.616. The molecule has 1 heterocycles. The minimum absolute atomic E-state index is 0.178. The zero-order valence-corrected chi connectivity index (χ0v) is 11.3. The van der Waals surface area contributed by atoms with E-state index in [0.717, 1.165) is 19.3 Å². The van der Waals surface area contributed by atoms with Crippen LogP contribution in [0.2, 0.25) is 0 Å². The number of hydrogen-bond acceptors (Lipinski definition) is 3. The van der Waals surface area contributed by atoms with Gasteiger partial charge in [-0.2, -0.15) is 0 Å². The van der Waals surface area contributed by atoms with Crippen LogP contribution >= 0.6 is 0 Å². The van der Waals surface area contributed by atoms with Gasteiger partial charge in [0.15, 0.2) is 0 Å². The Balaban J connectivity index is 1.92. The van der Waals surface area contributed by atoms with E-state index in [0.29, 0.717) is 0 Å². The maximum atomic E-state index is 5.68. The number of aromatic nitrogens is 1. The Labute approximate surface area is 114 Å². The van der Waals surface area contributed by atoms with Gasteiger partial charge in [-0.25, -0.2) is 0 Å². The summed E-state index contributed by atoms with van der Waals surface area (Å²) in [6.07, 6.45) is 6.92. The highest BCUT2D eigenvalue weighted by Gasteiger charge is 2.11. The Kier molecular flexibility index (Phi) is 5.07. The second kappa shape index (κ2) is 7.02. The van der Waals surface area contributed by atoms with Crippen LogP contribution < -0.4 is 11.3 Å². The van der Waals surface area contributed by atoms with Crippen LogP contribution in [0.1, 0.15) is 35.6 Å². The van der Waals surface area contributed by atoms with Crippen LogP contribution in [0.5, 0.6) is 0 Å². The number of nitrogens with zero attached hydrogens (tertiary/aromatic N) is 1. The summed E-state index contributed by atoms with van der Waals surface area (Å²) in [4.78, 5) is 4.19. The molecule has 2 rings (SSSR count). The van der Waals surface area contributed by atoms with E-state index in [1.54, 1.807) is 0 Å². The molecule has 1 unspecified atom stereocenters. The summed E-state index contributed by atoms with van der Waals surface area (Å²) in [6, 6.07) is 12.8. The predicted molar refractivity (Wildman–Crippen MR) is 78.4 cm³/mol. The third kappa shape index (κ3) is 3.88. The molecule has 0 aliphatic carbocycles. The van der Waals surface area contributed by atoms with Gasteiger partial charge < -0.3 is 0 Å². The largest absolute Gasteiger partial charge is 0.271 e. The number of pyridine rings is 1. The van der Waals surface area contributed by atoms with E-state index in [2.05, 4.69) is 41.6 Å². The van der Waals surface area contributed by atoms with Crippen molar-refractivity contribution in [2.24, 2.45) is 5.84 Å².